The molecular formula is C21H22N4O4. The average Bonchev–Trinajstić information content (AvgIpc) is 3.52. The highest BCUT2D eigenvalue weighted by atomic mass is 16.5. The zero-order valence-electron chi connectivity index (χ0n) is 16.0. The van der Waals surface area contributed by atoms with E-state index in [1.54, 1.807) is 24.3 Å². The molecule has 8 heteroatoms. The fourth-order valence-corrected chi connectivity index (χ4v) is 2.43. The van der Waals surface area contributed by atoms with Gasteiger partial charge in [0.05, 0.1) is 6.21 Å². The van der Waals surface area contributed by atoms with Crippen LogP contribution in [-0.2, 0) is 14.4 Å². The number of amides is 3. The van der Waals surface area contributed by atoms with E-state index >= 15 is 0 Å². The first kappa shape index (κ1) is 20.1. The Hall–Kier alpha value is -3.68. The highest BCUT2D eigenvalue weighted by molar-refractivity contribution is 6.35. The van der Waals surface area contributed by atoms with Crippen LogP contribution in [0.5, 0.6) is 5.75 Å². The number of para-hydroxylation sites is 1. The first-order valence-corrected chi connectivity index (χ1v) is 9.23. The first-order chi connectivity index (χ1) is 14.0. The second-order valence-corrected chi connectivity index (χ2v) is 6.67. The molecule has 1 saturated carbocycles. The van der Waals surface area contributed by atoms with Crippen molar-refractivity contribution in [3.63, 3.8) is 0 Å². The molecule has 2 aromatic rings. The van der Waals surface area contributed by atoms with Crippen LogP contribution in [0, 0.1) is 6.92 Å². The molecular weight excluding hydrogens is 372 g/mol. The molecule has 0 bridgehead atoms. The Morgan fingerprint density at radius 3 is 2.66 bits per heavy atom. The lowest BCUT2D eigenvalue weighted by molar-refractivity contribution is -0.139. The van der Waals surface area contributed by atoms with Gasteiger partial charge in [0, 0.05) is 11.7 Å². The zero-order valence-corrected chi connectivity index (χ0v) is 16.0. The number of hydrogen-bond acceptors (Lipinski definition) is 5. The topological polar surface area (TPSA) is 109 Å². The quantitative estimate of drug-likeness (QED) is 0.378. The summed E-state index contributed by atoms with van der Waals surface area (Å²) in [5, 5.41) is 9.14. The number of hydrogen-bond donors (Lipinski definition) is 3. The van der Waals surface area contributed by atoms with Crippen molar-refractivity contribution in [1.29, 1.82) is 0 Å². The van der Waals surface area contributed by atoms with Gasteiger partial charge in [-0.2, -0.15) is 5.10 Å². The van der Waals surface area contributed by atoms with Gasteiger partial charge >= 0.3 is 11.8 Å². The summed E-state index contributed by atoms with van der Waals surface area (Å²) in [5.74, 6) is -1.30. The van der Waals surface area contributed by atoms with E-state index in [4.69, 9.17) is 4.74 Å². The van der Waals surface area contributed by atoms with Gasteiger partial charge in [0.1, 0.15) is 5.75 Å². The fourth-order valence-electron chi connectivity index (χ4n) is 2.43. The van der Waals surface area contributed by atoms with Crippen LogP contribution in [0.3, 0.4) is 0 Å². The summed E-state index contributed by atoms with van der Waals surface area (Å²) in [6.45, 7) is 1.76. The van der Waals surface area contributed by atoms with E-state index in [0.29, 0.717) is 11.3 Å². The van der Waals surface area contributed by atoms with Gasteiger partial charge < -0.3 is 15.4 Å². The SMILES string of the molecule is Cc1ccccc1NC(=O)COc1cccc(/C=N\NC(=O)C(=O)NC2CC2)c1. The van der Waals surface area contributed by atoms with Crippen LogP contribution in [0.2, 0.25) is 0 Å². The molecule has 0 aliphatic heterocycles. The van der Waals surface area contributed by atoms with Crippen molar-refractivity contribution in [2.45, 2.75) is 25.8 Å². The lowest BCUT2D eigenvalue weighted by Gasteiger charge is -2.09. The van der Waals surface area contributed by atoms with Crippen molar-refractivity contribution >= 4 is 29.6 Å². The summed E-state index contributed by atoms with van der Waals surface area (Å²) in [5.41, 5.74) is 4.53. The van der Waals surface area contributed by atoms with Crippen molar-refractivity contribution in [3.8, 4) is 5.75 Å². The maximum atomic E-state index is 12.1. The summed E-state index contributed by atoms with van der Waals surface area (Å²) in [6, 6.07) is 14.4. The molecule has 8 nitrogen and oxygen atoms in total. The lowest BCUT2D eigenvalue weighted by atomic mass is 10.2. The molecule has 0 spiro atoms. The number of anilines is 1. The summed E-state index contributed by atoms with van der Waals surface area (Å²) < 4.78 is 5.51. The number of nitrogens with zero attached hydrogens (tertiary/aromatic N) is 1. The number of benzene rings is 2. The van der Waals surface area contributed by atoms with E-state index in [1.165, 1.54) is 6.21 Å². The van der Waals surface area contributed by atoms with Crippen LogP contribution in [0.4, 0.5) is 5.69 Å². The van der Waals surface area contributed by atoms with E-state index < -0.39 is 11.8 Å². The molecule has 0 unspecified atom stereocenters. The second-order valence-electron chi connectivity index (χ2n) is 6.67. The predicted octanol–water partition coefficient (Wildman–Crippen LogP) is 1.74. The molecule has 0 saturated heterocycles. The average molecular weight is 394 g/mol. The third-order valence-corrected chi connectivity index (χ3v) is 4.15. The number of nitrogens with one attached hydrogen (secondary N) is 3. The van der Waals surface area contributed by atoms with E-state index in [9.17, 15) is 14.4 Å². The number of aryl methyl sites for hydroxylation is 1. The number of carbonyl (C=O) groups excluding carboxylic acids is 3. The van der Waals surface area contributed by atoms with E-state index in [1.807, 2.05) is 31.2 Å². The van der Waals surface area contributed by atoms with Crippen LogP contribution >= 0.6 is 0 Å². The fraction of sp³-hybridized carbons (Fsp3) is 0.238. The Morgan fingerprint density at radius 2 is 1.90 bits per heavy atom. The third-order valence-electron chi connectivity index (χ3n) is 4.15. The van der Waals surface area contributed by atoms with Crippen molar-refractivity contribution in [1.82, 2.24) is 10.7 Å². The number of carbonyl (C=O) groups is 3. The summed E-state index contributed by atoms with van der Waals surface area (Å²) in [7, 11) is 0. The Labute approximate surface area is 168 Å². The minimum absolute atomic E-state index is 0.106. The van der Waals surface area contributed by atoms with Gasteiger partial charge in [0.25, 0.3) is 5.91 Å². The van der Waals surface area contributed by atoms with Crippen molar-refractivity contribution in [2.75, 3.05) is 11.9 Å². The summed E-state index contributed by atoms with van der Waals surface area (Å²) >= 11 is 0. The van der Waals surface area contributed by atoms with Gasteiger partial charge in [-0.25, -0.2) is 5.43 Å². The number of ether oxygens (including phenoxy) is 1. The molecule has 3 N–H and O–H groups in total. The van der Waals surface area contributed by atoms with Crippen LogP contribution in [0.15, 0.2) is 53.6 Å². The molecule has 29 heavy (non-hydrogen) atoms. The summed E-state index contributed by atoms with van der Waals surface area (Å²) in [4.78, 5) is 35.2. The molecule has 1 aliphatic carbocycles. The van der Waals surface area contributed by atoms with Gasteiger partial charge in [-0.05, 0) is 49.1 Å². The van der Waals surface area contributed by atoms with Gasteiger partial charge in [0.15, 0.2) is 6.61 Å². The molecule has 1 aliphatic rings. The molecule has 3 rings (SSSR count). The predicted molar refractivity (Wildman–Crippen MR) is 109 cm³/mol. The van der Waals surface area contributed by atoms with Crippen molar-refractivity contribution in [3.05, 3.63) is 59.7 Å². The maximum Gasteiger partial charge on any atom is 0.329 e. The monoisotopic (exact) mass is 394 g/mol. The standard InChI is InChI=1S/C21H22N4O4/c1-14-5-2-3-8-18(14)24-19(26)13-29-17-7-4-6-15(11-17)12-22-25-21(28)20(27)23-16-9-10-16/h2-8,11-12,16H,9-10,13H2,1H3,(H,23,27)(H,24,26)(H,25,28)/b22-12-. The van der Waals surface area contributed by atoms with Gasteiger partial charge in [-0.15, -0.1) is 0 Å². The van der Waals surface area contributed by atoms with E-state index in [2.05, 4.69) is 21.2 Å². The van der Waals surface area contributed by atoms with E-state index in [-0.39, 0.29) is 18.6 Å². The molecule has 0 radical (unpaired) electrons. The second kappa shape index (κ2) is 9.50. The first-order valence-electron chi connectivity index (χ1n) is 9.23. The van der Waals surface area contributed by atoms with Crippen LogP contribution in [-0.4, -0.2) is 36.6 Å². The van der Waals surface area contributed by atoms with Gasteiger partial charge in [-0.3, -0.25) is 14.4 Å². The Bertz CT molecular complexity index is 938. The Balaban J connectivity index is 1.47. The van der Waals surface area contributed by atoms with Gasteiger partial charge in [0.2, 0.25) is 0 Å². The summed E-state index contributed by atoms with van der Waals surface area (Å²) in [6.07, 6.45) is 3.19. The van der Waals surface area contributed by atoms with Crippen LogP contribution in [0.1, 0.15) is 24.0 Å². The normalized spacial score (nSPS) is 13.0. The molecule has 150 valence electrons. The number of rotatable bonds is 7. The molecule has 0 heterocycles. The van der Waals surface area contributed by atoms with Crippen molar-refractivity contribution in [2.24, 2.45) is 5.10 Å². The van der Waals surface area contributed by atoms with E-state index in [0.717, 1.165) is 24.1 Å². The lowest BCUT2D eigenvalue weighted by Crippen LogP contribution is -2.38. The third kappa shape index (κ3) is 6.46. The van der Waals surface area contributed by atoms with Crippen LogP contribution < -0.4 is 20.8 Å². The molecule has 3 amide bonds. The Morgan fingerprint density at radius 1 is 1.10 bits per heavy atom. The highest BCUT2D eigenvalue weighted by Gasteiger charge is 2.26. The highest BCUT2D eigenvalue weighted by Crippen LogP contribution is 2.18. The smallest absolute Gasteiger partial charge is 0.329 e. The van der Waals surface area contributed by atoms with Crippen LogP contribution in [0.25, 0.3) is 0 Å². The minimum atomic E-state index is -0.812. The largest absolute Gasteiger partial charge is 0.484 e. The maximum absolute atomic E-state index is 12.1. The van der Waals surface area contributed by atoms with Gasteiger partial charge in [-0.1, -0.05) is 30.3 Å². The number of hydrazone groups is 1. The molecule has 1 fully saturated rings. The molecule has 0 atom stereocenters. The Kier molecular flexibility index (Phi) is 6.57. The molecule has 2 aromatic carbocycles. The molecule has 0 aromatic heterocycles. The van der Waals surface area contributed by atoms with Crippen molar-refractivity contribution < 1.29 is 19.1 Å². The minimum Gasteiger partial charge on any atom is -0.484 e. The zero-order chi connectivity index (χ0) is 20.6.